The first kappa shape index (κ1) is 16.4. The molecule has 2 heterocycles. The molecule has 0 unspecified atom stereocenters. The molecule has 1 N–H and O–H groups in total. The molecule has 7 nitrogen and oxygen atoms in total. The Balaban J connectivity index is 1.60. The Bertz CT molecular complexity index is 772. The van der Waals surface area contributed by atoms with Gasteiger partial charge < -0.3 is 23.9 Å². The van der Waals surface area contributed by atoms with Gasteiger partial charge in [0.25, 0.3) is 5.91 Å². The molecular formula is C16H14BrNO6. The molecule has 0 saturated carbocycles. The highest BCUT2D eigenvalue weighted by Gasteiger charge is 2.22. The number of ether oxygens (including phenoxy) is 3. The van der Waals surface area contributed by atoms with Crippen molar-refractivity contribution in [2.75, 3.05) is 18.5 Å². The Kier molecular flexibility index (Phi) is 4.75. The van der Waals surface area contributed by atoms with Gasteiger partial charge >= 0.3 is 5.97 Å². The highest BCUT2D eigenvalue weighted by Crippen LogP contribution is 2.32. The zero-order valence-corrected chi connectivity index (χ0v) is 14.3. The van der Waals surface area contributed by atoms with Gasteiger partial charge in [-0.15, -0.1) is 0 Å². The van der Waals surface area contributed by atoms with E-state index in [9.17, 15) is 9.59 Å². The van der Waals surface area contributed by atoms with E-state index < -0.39 is 18.0 Å². The lowest BCUT2D eigenvalue weighted by molar-refractivity contribution is -0.123. The summed E-state index contributed by atoms with van der Waals surface area (Å²) in [5.41, 5.74) is 0.521. The van der Waals surface area contributed by atoms with Gasteiger partial charge in [0.1, 0.15) is 13.2 Å². The van der Waals surface area contributed by atoms with E-state index in [1.54, 1.807) is 24.3 Å². The van der Waals surface area contributed by atoms with Gasteiger partial charge in [-0.1, -0.05) is 0 Å². The van der Waals surface area contributed by atoms with Gasteiger partial charge in [-0.05, 0) is 47.1 Å². The Morgan fingerprint density at radius 1 is 1.17 bits per heavy atom. The van der Waals surface area contributed by atoms with Crippen LogP contribution in [0, 0.1) is 0 Å². The molecule has 1 aliphatic rings. The van der Waals surface area contributed by atoms with Crippen LogP contribution in [0.15, 0.2) is 39.4 Å². The van der Waals surface area contributed by atoms with E-state index in [1.807, 2.05) is 0 Å². The SMILES string of the molecule is C[C@H](OC(=O)c1ccc(Br)o1)C(=O)Nc1ccc2c(c1)OCCO2. The van der Waals surface area contributed by atoms with Gasteiger partial charge in [0, 0.05) is 11.8 Å². The third kappa shape index (κ3) is 3.70. The molecule has 1 aromatic carbocycles. The van der Waals surface area contributed by atoms with Crippen molar-refractivity contribution in [1.29, 1.82) is 0 Å². The molecule has 3 rings (SSSR count). The molecule has 0 saturated heterocycles. The quantitative estimate of drug-likeness (QED) is 0.800. The number of nitrogens with one attached hydrogen (secondary N) is 1. The average molecular weight is 396 g/mol. The number of halogens is 1. The first-order chi connectivity index (χ1) is 11.5. The van der Waals surface area contributed by atoms with Crippen LogP contribution in [-0.4, -0.2) is 31.2 Å². The monoisotopic (exact) mass is 395 g/mol. The van der Waals surface area contributed by atoms with Crippen molar-refractivity contribution in [2.45, 2.75) is 13.0 Å². The van der Waals surface area contributed by atoms with Crippen LogP contribution in [0.3, 0.4) is 0 Å². The molecule has 0 spiro atoms. The molecule has 1 atom stereocenters. The normalized spacial score (nSPS) is 13.9. The topological polar surface area (TPSA) is 87.0 Å². The van der Waals surface area contributed by atoms with Crippen molar-refractivity contribution in [3.63, 3.8) is 0 Å². The maximum Gasteiger partial charge on any atom is 0.375 e. The number of fused-ring (bicyclic) bond motifs is 1. The number of hydrogen-bond donors (Lipinski definition) is 1. The van der Waals surface area contributed by atoms with Crippen molar-refractivity contribution in [3.05, 3.63) is 40.8 Å². The fraction of sp³-hybridized carbons (Fsp3) is 0.250. The summed E-state index contributed by atoms with van der Waals surface area (Å²) in [7, 11) is 0. The maximum atomic E-state index is 12.2. The van der Waals surface area contributed by atoms with Crippen molar-refractivity contribution in [1.82, 2.24) is 0 Å². The molecule has 1 aromatic heterocycles. The van der Waals surface area contributed by atoms with Gasteiger partial charge in [0.05, 0.1) is 0 Å². The summed E-state index contributed by atoms with van der Waals surface area (Å²) in [4.78, 5) is 24.0. The van der Waals surface area contributed by atoms with Gasteiger partial charge in [-0.2, -0.15) is 0 Å². The Labute approximate surface area is 146 Å². The number of anilines is 1. The van der Waals surface area contributed by atoms with Crippen molar-refractivity contribution in [3.8, 4) is 11.5 Å². The van der Waals surface area contributed by atoms with Crippen LogP contribution in [0.1, 0.15) is 17.5 Å². The minimum Gasteiger partial charge on any atom is -0.486 e. The second kappa shape index (κ2) is 6.96. The molecule has 126 valence electrons. The molecular weight excluding hydrogens is 382 g/mol. The largest absolute Gasteiger partial charge is 0.486 e. The zero-order chi connectivity index (χ0) is 17.1. The van der Waals surface area contributed by atoms with E-state index in [2.05, 4.69) is 21.2 Å². The zero-order valence-electron chi connectivity index (χ0n) is 12.7. The number of carbonyl (C=O) groups is 2. The van der Waals surface area contributed by atoms with E-state index in [0.717, 1.165) is 0 Å². The lowest BCUT2D eigenvalue weighted by Crippen LogP contribution is -2.30. The first-order valence-corrected chi connectivity index (χ1v) is 7.99. The molecule has 1 aliphatic heterocycles. The predicted octanol–water partition coefficient (Wildman–Crippen LogP) is 3.00. The molecule has 8 heteroatoms. The fourth-order valence-corrected chi connectivity index (χ4v) is 2.37. The Morgan fingerprint density at radius 2 is 1.92 bits per heavy atom. The number of rotatable bonds is 4. The van der Waals surface area contributed by atoms with Crippen LogP contribution in [0.5, 0.6) is 11.5 Å². The smallest absolute Gasteiger partial charge is 0.375 e. The van der Waals surface area contributed by atoms with Crippen molar-refractivity contribution in [2.24, 2.45) is 0 Å². The van der Waals surface area contributed by atoms with Crippen LogP contribution >= 0.6 is 15.9 Å². The van der Waals surface area contributed by atoms with E-state index in [0.29, 0.717) is 35.1 Å². The summed E-state index contributed by atoms with van der Waals surface area (Å²) in [6.07, 6.45) is -0.991. The van der Waals surface area contributed by atoms with Gasteiger partial charge in [-0.25, -0.2) is 4.79 Å². The third-order valence-corrected chi connectivity index (χ3v) is 3.66. The van der Waals surface area contributed by atoms with Crippen molar-refractivity contribution < 1.29 is 28.2 Å². The molecule has 24 heavy (non-hydrogen) atoms. The summed E-state index contributed by atoms with van der Waals surface area (Å²) in [6.45, 7) is 2.43. The Morgan fingerprint density at radius 3 is 2.62 bits per heavy atom. The first-order valence-electron chi connectivity index (χ1n) is 7.20. The minimum absolute atomic E-state index is 0.0147. The maximum absolute atomic E-state index is 12.2. The number of amides is 1. The van der Waals surface area contributed by atoms with Crippen LogP contribution in [0.25, 0.3) is 0 Å². The minimum atomic E-state index is -0.991. The number of hydrogen-bond acceptors (Lipinski definition) is 6. The molecule has 0 bridgehead atoms. The van der Waals surface area contributed by atoms with E-state index in [-0.39, 0.29) is 5.76 Å². The summed E-state index contributed by atoms with van der Waals surface area (Å²) in [5, 5.41) is 2.66. The summed E-state index contributed by atoms with van der Waals surface area (Å²) >= 11 is 3.09. The van der Waals surface area contributed by atoms with Gasteiger partial charge in [0.15, 0.2) is 22.3 Å². The summed E-state index contributed by atoms with van der Waals surface area (Å²) in [5.74, 6) is 0.0169. The molecule has 0 fully saturated rings. The van der Waals surface area contributed by atoms with Crippen LogP contribution in [0.2, 0.25) is 0 Å². The molecule has 0 radical (unpaired) electrons. The predicted molar refractivity (Wildman–Crippen MR) is 87.3 cm³/mol. The summed E-state index contributed by atoms with van der Waals surface area (Å²) < 4.78 is 21.4. The second-order valence-corrected chi connectivity index (χ2v) is 5.78. The lowest BCUT2D eigenvalue weighted by atomic mass is 10.2. The number of esters is 1. The fourth-order valence-electron chi connectivity index (χ4n) is 2.06. The lowest BCUT2D eigenvalue weighted by Gasteiger charge is -2.19. The third-order valence-electron chi connectivity index (χ3n) is 3.24. The number of furan rings is 1. The van der Waals surface area contributed by atoms with E-state index in [4.69, 9.17) is 18.6 Å². The second-order valence-electron chi connectivity index (χ2n) is 5.00. The molecule has 0 aliphatic carbocycles. The number of carbonyl (C=O) groups excluding carboxylic acids is 2. The Hall–Kier alpha value is -2.48. The molecule has 2 aromatic rings. The number of benzene rings is 1. The average Bonchev–Trinajstić information content (AvgIpc) is 3.01. The van der Waals surface area contributed by atoms with Gasteiger partial charge in [-0.3, -0.25) is 4.79 Å². The van der Waals surface area contributed by atoms with Crippen LogP contribution < -0.4 is 14.8 Å². The van der Waals surface area contributed by atoms with Gasteiger partial charge in [0.2, 0.25) is 5.76 Å². The molecule has 1 amide bonds. The van der Waals surface area contributed by atoms with E-state index in [1.165, 1.54) is 13.0 Å². The highest BCUT2D eigenvalue weighted by molar-refractivity contribution is 9.10. The van der Waals surface area contributed by atoms with E-state index >= 15 is 0 Å². The van der Waals surface area contributed by atoms with Crippen LogP contribution in [-0.2, 0) is 9.53 Å². The van der Waals surface area contributed by atoms with Crippen LogP contribution in [0.4, 0.5) is 5.69 Å². The highest BCUT2D eigenvalue weighted by atomic mass is 79.9. The van der Waals surface area contributed by atoms with Crippen molar-refractivity contribution >= 4 is 33.5 Å². The summed E-state index contributed by atoms with van der Waals surface area (Å²) in [6, 6.07) is 8.07. The standard InChI is InChI=1S/C16H14BrNO6/c1-9(23-16(20)12-4-5-14(17)24-12)15(19)18-10-2-3-11-13(8-10)22-7-6-21-11/h2-5,8-9H,6-7H2,1H3,(H,18,19)/t9-/m0/s1.